The first-order valence-corrected chi connectivity index (χ1v) is 10.3. The number of pyridine rings is 1. The Morgan fingerprint density at radius 1 is 0.906 bits per heavy atom. The molecule has 0 aliphatic heterocycles. The molecule has 0 fully saturated rings. The van der Waals surface area contributed by atoms with Crippen LogP contribution in [0.25, 0.3) is 22.4 Å². The average molecular weight is 468 g/mol. The molecule has 3 aromatic carbocycles. The highest BCUT2D eigenvalue weighted by Crippen LogP contribution is 2.38. The van der Waals surface area contributed by atoms with Crippen LogP contribution in [0.1, 0.15) is 16.1 Å². The molecule has 0 aliphatic rings. The third-order valence-electron chi connectivity index (χ3n) is 4.80. The molecule has 160 valence electrons. The SMILES string of the molecule is O=C(O)c1cccc(-c2ccccc2-c2cc(Cl)ccc2OCc2ccc(F)cc2Cl)n1. The number of aromatic carboxylic acids is 1. The lowest BCUT2D eigenvalue weighted by Crippen LogP contribution is -2.01. The summed E-state index contributed by atoms with van der Waals surface area (Å²) in [6.07, 6.45) is 0. The van der Waals surface area contributed by atoms with Crippen LogP contribution in [-0.2, 0) is 6.61 Å². The summed E-state index contributed by atoms with van der Waals surface area (Å²) in [6, 6.07) is 21.6. The number of hydrogen-bond acceptors (Lipinski definition) is 3. The van der Waals surface area contributed by atoms with Gasteiger partial charge in [-0.05, 0) is 48.0 Å². The number of hydrogen-bond donors (Lipinski definition) is 1. The molecule has 0 bridgehead atoms. The zero-order valence-electron chi connectivity index (χ0n) is 16.6. The molecular weight excluding hydrogens is 452 g/mol. The first-order chi connectivity index (χ1) is 15.4. The summed E-state index contributed by atoms with van der Waals surface area (Å²) in [5.41, 5.74) is 3.29. The second-order valence-corrected chi connectivity index (χ2v) is 7.77. The highest BCUT2D eigenvalue weighted by atomic mass is 35.5. The molecule has 0 saturated heterocycles. The van der Waals surface area contributed by atoms with E-state index in [9.17, 15) is 14.3 Å². The molecule has 0 radical (unpaired) electrons. The summed E-state index contributed by atoms with van der Waals surface area (Å²) in [4.78, 5) is 15.6. The number of carbonyl (C=O) groups is 1. The maximum Gasteiger partial charge on any atom is 0.354 e. The summed E-state index contributed by atoms with van der Waals surface area (Å²) >= 11 is 12.4. The number of carboxylic acid groups (broad SMARTS) is 1. The first kappa shape index (κ1) is 21.8. The normalized spacial score (nSPS) is 10.7. The monoisotopic (exact) mass is 467 g/mol. The predicted molar refractivity (Wildman–Crippen MR) is 123 cm³/mol. The largest absolute Gasteiger partial charge is 0.488 e. The van der Waals surface area contributed by atoms with Gasteiger partial charge in [0.2, 0.25) is 0 Å². The molecule has 0 aliphatic carbocycles. The van der Waals surface area contributed by atoms with Crippen molar-refractivity contribution in [2.24, 2.45) is 0 Å². The molecule has 1 aromatic heterocycles. The molecule has 4 nitrogen and oxygen atoms in total. The van der Waals surface area contributed by atoms with E-state index in [-0.39, 0.29) is 17.3 Å². The van der Waals surface area contributed by atoms with Crippen molar-refractivity contribution in [2.75, 3.05) is 0 Å². The lowest BCUT2D eigenvalue weighted by Gasteiger charge is -2.16. The number of aromatic nitrogens is 1. The molecule has 0 unspecified atom stereocenters. The lowest BCUT2D eigenvalue weighted by atomic mass is 9.96. The van der Waals surface area contributed by atoms with Crippen molar-refractivity contribution in [2.45, 2.75) is 6.61 Å². The van der Waals surface area contributed by atoms with E-state index in [2.05, 4.69) is 4.98 Å². The van der Waals surface area contributed by atoms with Gasteiger partial charge < -0.3 is 9.84 Å². The molecule has 1 N–H and O–H groups in total. The lowest BCUT2D eigenvalue weighted by molar-refractivity contribution is 0.0690. The highest BCUT2D eigenvalue weighted by molar-refractivity contribution is 6.31. The van der Waals surface area contributed by atoms with Gasteiger partial charge in [-0.3, -0.25) is 0 Å². The van der Waals surface area contributed by atoms with Gasteiger partial charge in [-0.1, -0.05) is 59.6 Å². The van der Waals surface area contributed by atoms with E-state index in [0.717, 1.165) is 11.1 Å². The van der Waals surface area contributed by atoms with Crippen LogP contribution in [0.5, 0.6) is 5.75 Å². The van der Waals surface area contributed by atoms with Gasteiger partial charge in [0, 0.05) is 21.7 Å². The number of nitrogens with zero attached hydrogens (tertiary/aromatic N) is 1. The molecule has 7 heteroatoms. The van der Waals surface area contributed by atoms with Gasteiger partial charge in [-0.25, -0.2) is 14.2 Å². The van der Waals surface area contributed by atoms with Crippen LogP contribution >= 0.6 is 23.2 Å². The highest BCUT2D eigenvalue weighted by Gasteiger charge is 2.15. The van der Waals surface area contributed by atoms with E-state index in [0.29, 0.717) is 27.6 Å². The molecule has 32 heavy (non-hydrogen) atoms. The van der Waals surface area contributed by atoms with E-state index in [1.165, 1.54) is 18.2 Å². The molecule has 0 saturated carbocycles. The van der Waals surface area contributed by atoms with E-state index < -0.39 is 11.8 Å². The third kappa shape index (κ3) is 4.74. The summed E-state index contributed by atoms with van der Waals surface area (Å²) in [5, 5.41) is 10.1. The van der Waals surface area contributed by atoms with Crippen molar-refractivity contribution < 1.29 is 19.0 Å². The Balaban J connectivity index is 1.75. The van der Waals surface area contributed by atoms with Crippen LogP contribution < -0.4 is 4.74 Å². The van der Waals surface area contributed by atoms with Gasteiger partial charge in [0.15, 0.2) is 0 Å². The van der Waals surface area contributed by atoms with E-state index >= 15 is 0 Å². The zero-order valence-corrected chi connectivity index (χ0v) is 18.1. The minimum atomic E-state index is -1.10. The Hall–Kier alpha value is -3.41. The van der Waals surface area contributed by atoms with Crippen molar-refractivity contribution in [1.82, 2.24) is 4.98 Å². The van der Waals surface area contributed by atoms with Crippen molar-refractivity contribution in [3.8, 4) is 28.1 Å². The van der Waals surface area contributed by atoms with Crippen LogP contribution in [0.4, 0.5) is 4.39 Å². The Morgan fingerprint density at radius 3 is 2.44 bits per heavy atom. The fourth-order valence-electron chi connectivity index (χ4n) is 3.28. The molecular formula is C25H16Cl2FNO3. The maximum atomic E-state index is 13.3. The summed E-state index contributed by atoms with van der Waals surface area (Å²) in [7, 11) is 0. The van der Waals surface area contributed by atoms with Crippen LogP contribution in [0.2, 0.25) is 10.0 Å². The standard InChI is InChI=1S/C25H16Cl2FNO3/c26-16-9-11-24(32-14-15-8-10-17(28)13-21(15)27)20(12-16)18-4-1-2-5-19(18)22-6-3-7-23(29-22)25(30)31/h1-13H,14H2,(H,30,31). The van der Waals surface area contributed by atoms with E-state index in [1.807, 2.05) is 24.3 Å². The van der Waals surface area contributed by atoms with Gasteiger partial charge >= 0.3 is 5.97 Å². The summed E-state index contributed by atoms with van der Waals surface area (Å²) in [6.45, 7) is 0.128. The third-order valence-corrected chi connectivity index (χ3v) is 5.39. The number of carboxylic acids is 1. The first-order valence-electron chi connectivity index (χ1n) is 9.59. The Morgan fingerprint density at radius 2 is 1.69 bits per heavy atom. The topological polar surface area (TPSA) is 59.4 Å². The van der Waals surface area contributed by atoms with Gasteiger partial charge in [0.1, 0.15) is 23.9 Å². The second kappa shape index (κ2) is 9.39. The zero-order chi connectivity index (χ0) is 22.7. The maximum absolute atomic E-state index is 13.3. The van der Waals surface area contributed by atoms with Crippen molar-refractivity contribution in [3.05, 3.63) is 106 Å². The van der Waals surface area contributed by atoms with E-state index in [1.54, 1.807) is 36.4 Å². The predicted octanol–water partition coefficient (Wildman–Crippen LogP) is 7.14. The number of halogens is 3. The van der Waals surface area contributed by atoms with Crippen LogP contribution in [0, 0.1) is 5.82 Å². The second-order valence-electron chi connectivity index (χ2n) is 6.92. The van der Waals surface area contributed by atoms with Gasteiger partial charge in [-0.15, -0.1) is 0 Å². The molecule has 4 rings (SSSR count). The molecule has 0 amide bonds. The number of rotatable bonds is 6. The Labute approximate surface area is 193 Å². The smallest absolute Gasteiger partial charge is 0.354 e. The van der Waals surface area contributed by atoms with Crippen LogP contribution in [0.15, 0.2) is 78.9 Å². The molecule has 0 spiro atoms. The molecule has 4 aromatic rings. The molecule has 1 heterocycles. The van der Waals surface area contributed by atoms with Crippen LogP contribution in [-0.4, -0.2) is 16.1 Å². The average Bonchev–Trinajstić information content (AvgIpc) is 2.79. The fraction of sp³-hybridized carbons (Fsp3) is 0.0400. The van der Waals surface area contributed by atoms with E-state index in [4.69, 9.17) is 27.9 Å². The summed E-state index contributed by atoms with van der Waals surface area (Å²) < 4.78 is 19.4. The van der Waals surface area contributed by atoms with Crippen LogP contribution in [0.3, 0.4) is 0 Å². The Kier molecular flexibility index (Phi) is 6.40. The van der Waals surface area contributed by atoms with Gasteiger partial charge in [0.05, 0.1) is 10.7 Å². The minimum absolute atomic E-state index is 0.0502. The number of ether oxygens (including phenoxy) is 1. The fourth-order valence-corrected chi connectivity index (χ4v) is 3.67. The van der Waals surface area contributed by atoms with Gasteiger partial charge in [0.25, 0.3) is 0 Å². The molecule has 0 atom stereocenters. The quantitative estimate of drug-likeness (QED) is 0.327. The van der Waals surface area contributed by atoms with Crippen molar-refractivity contribution in [1.29, 1.82) is 0 Å². The van der Waals surface area contributed by atoms with Crippen molar-refractivity contribution >= 4 is 29.2 Å². The van der Waals surface area contributed by atoms with Gasteiger partial charge in [-0.2, -0.15) is 0 Å². The Bertz CT molecular complexity index is 1310. The minimum Gasteiger partial charge on any atom is -0.488 e. The summed E-state index contributed by atoms with van der Waals surface area (Å²) in [5.74, 6) is -0.986. The number of benzene rings is 3. The van der Waals surface area contributed by atoms with Crippen molar-refractivity contribution in [3.63, 3.8) is 0 Å².